The van der Waals surface area contributed by atoms with Crippen LogP contribution in [-0.2, 0) is 16.6 Å². The van der Waals surface area contributed by atoms with E-state index in [4.69, 9.17) is 15.2 Å². The maximum Gasteiger partial charge on any atom is 0.308 e. The van der Waals surface area contributed by atoms with Crippen LogP contribution in [0.15, 0.2) is 18.2 Å². The second kappa shape index (κ2) is 8.41. The highest BCUT2D eigenvalue weighted by Crippen LogP contribution is 2.41. The van der Waals surface area contributed by atoms with Crippen LogP contribution in [0, 0.1) is 12.8 Å². The van der Waals surface area contributed by atoms with Gasteiger partial charge in [-0.1, -0.05) is 19.9 Å². The minimum absolute atomic E-state index is 0.0406. The van der Waals surface area contributed by atoms with Crippen LogP contribution >= 0.6 is 0 Å². The van der Waals surface area contributed by atoms with Gasteiger partial charge in [-0.05, 0) is 31.7 Å². The number of amides is 1. The lowest BCUT2D eigenvalue weighted by molar-refractivity contribution is -0.132. The van der Waals surface area contributed by atoms with Gasteiger partial charge in [0.15, 0.2) is 11.4 Å². The van der Waals surface area contributed by atoms with Crippen molar-refractivity contribution in [1.29, 1.82) is 0 Å². The van der Waals surface area contributed by atoms with Gasteiger partial charge in [0.25, 0.3) is 5.91 Å². The molecule has 4 rings (SSSR count). The van der Waals surface area contributed by atoms with Gasteiger partial charge in [0, 0.05) is 49.2 Å². The van der Waals surface area contributed by atoms with E-state index in [9.17, 15) is 9.59 Å². The Morgan fingerprint density at radius 2 is 1.97 bits per heavy atom. The Morgan fingerprint density at radius 1 is 1.25 bits per heavy atom. The number of fused-ring (bicyclic) bond motifs is 1. The minimum Gasteiger partial charge on any atom is -0.492 e. The van der Waals surface area contributed by atoms with E-state index in [1.54, 1.807) is 6.92 Å². The average molecular weight is 439 g/mol. The SMILES string of the molecule is CC(=O)Oc1c(C)nc(CC2CCN(c3ccc4c(c3)OCC4(C)C)CC2)nc1C(N)=O. The first kappa shape index (κ1) is 22.0. The van der Waals surface area contributed by atoms with E-state index >= 15 is 0 Å². The van der Waals surface area contributed by atoms with Crippen molar-refractivity contribution in [2.45, 2.75) is 52.4 Å². The van der Waals surface area contributed by atoms with E-state index in [-0.39, 0.29) is 16.9 Å². The molecule has 2 aromatic rings. The van der Waals surface area contributed by atoms with E-state index in [0.29, 0.717) is 23.9 Å². The second-order valence-electron chi connectivity index (χ2n) is 9.35. The molecule has 2 aliphatic rings. The molecule has 0 aliphatic carbocycles. The largest absolute Gasteiger partial charge is 0.492 e. The fraction of sp³-hybridized carbons (Fsp3) is 0.500. The van der Waals surface area contributed by atoms with Gasteiger partial charge < -0.3 is 20.1 Å². The molecule has 1 saturated heterocycles. The molecule has 8 heteroatoms. The number of rotatable bonds is 5. The number of ether oxygens (including phenoxy) is 2. The molecule has 32 heavy (non-hydrogen) atoms. The standard InChI is InChI=1S/C24H30N4O4/c1-14-22(32-15(2)29)21(23(25)30)27-20(26-14)11-16-7-9-28(10-8-16)17-5-6-18-19(12-17)31-13-24(18,3)4/h5-6,12,16H,7-11,13H2,1-4H3,(H2,25,30). The highest BCUT2D eigenvalue weighted by Gasteiger charge is 2.32. The summed E-state index contributed by atoms with van der Waals surface area (Å²) in [6.45, 7) is 9.94. The van der Waals surface area contributed by atoms with E-state index in [0.717, 1.165) is 38.3 Å². The Bertz CT molecular complexity index is 1060. The molecule has 1 fully saturated rings. The van der Waals surface area contributed by atoms with Crippen LogP contribution in [0.3, 0.4) is 0 Å². The molecule has 0 spiro atoms. The third kappa shape index (κ3) is 4.40. The zero-order chi connectivity index (χ0) is 23.0. The zero-order valence-corrected chi connectivity index (χ0v) is 19.1. The van der Waals surface area contributed by atoms with Gasteiger partial charge in [0.1, 0.15) is 11.6 Å². The number of benzene rings is 1. The van der Waals surface area contributed by atoms with Crippen molar-refractivity contribution < 1.29 is 19.1 Å². The predicted octanol–water partition coefficient (Wildman–Crippen LogP) is 2.94. The van der Waals surface area contributed by atoms with Gasteiger partial charge in [0.2, 0.25) is 0 Å². The summed E-state index contributed by atoms with van der Waals surface area (Å²) in [5, 5.41) is 0. The molecule has 0 bridgehead atoms. The summed E-state index contributed by atoms with van der Waals surface area (Å²) in [5.74, 6) is 0.718. The smallest absolute Gasteiger partial charge is 0.308 e. The molecule has 0 radical (unpaired) electrons. The number of nitrogens with zero attached hydrogens (tertiary/aromatic N) is 3. The van der Waals surface area contributed by atoms with Crippen LogP contribution < -0.4 is 20.1 Å². The van der Waals surface area contributed by atoms with Crippen LogP contribution in [0.25, 0.3) is 0 Å². The van der Waals surface area contributed by atoms with Gasteiger partial charge in [-0.2, -0.15) is 0 Å². The molecule has 0 unspecified atom stereocenters. The fourth-order valence-corrected chi connectivity index (χ4v) is 4.52. The number of primary amides is 1. The lowest BCUT2D eigenvalue weighted by Crippen LogP contribution is -2.34. The molecule has 170 valence electrons. The summed E-state index contributed by atoms with van der Waals surface area (Å²) in [6, 6.07) is 6.54. The predicted molar refractivity (Wildman–Crippen MR) is 120 cm³/mol. The maximum absolute atomic E-state index is 11.8. The minimum atomic E-state index is -0.732. The first-order valence-electron chi connectivity index (χ1n) is 11.0. The van der Waals surface area contributed by atoms with Crippen molar-refractivity contribution in [3.05, 3.63) is 41.0 Å². The summed E-state index contributed by atoms with van der Waals surface area (Å²) in [5.41, 5.74) is 8.38. The van der Waals surface area contributed by atoms with Crippen LogP contribution in [0.2, 0.25) is 0 Å². The number of carbonyl (C=O) groups is 2. The average Bonchev–Trinajstić information content (AvgIpc) is 3.04. The number of piperidine rings is 1. The van der Waals surface area contributed by atoms with Crippen LogP contribution in [0.5, 0.6) is 11.5 Å². The third-order valence-electron chi connectivity index (χ3n) is 6.29. The number of aryl methyl sites for hydroxylation is 1. The Labute approximate surface area is 188 Å². The normalized spacial score (nSPS) is 17.6. The first-order valence-corrected chi connectivity index (χ1v) is 11.0. The van der Waals surface area contributed by atoms with Crippen molar-refractivity contribution in [3.63, 3.8) is 0 Å². The van der Waals surface area contributed by atoms with E-state index in [2.05, 4.69) is 46.9 Å². The van der Waals surface area contributed by atoms with Gasteiger partial charge in [-0.15, -0.1) is 0 Å². The summed E-state index contributed by atoms with van der Waals surface area (Å²) >= 11 is 0. The number of anilines is 1. The highest BCUT2D eigenvalue weighted by molar-refractivity contribution is 5.94. The second-order valence-corrected chi connectivity index (χ2v) is 9.35. The van der Waals surface area contributed by atoms with Crippen molar-refractivity contribution in [1.82, 2.24) is 9.97 Å². The first-order chi connectivity index (χ1) is 15.1. The topological polar surface area (TPSA) is 108 Å². The molecule has 1 amide bonds. The van der Waals surface area contributed by atoms with Crippen molar-refractivity contribution in [3.8, 4) is 11.5 Å². The molecule has 8 nitrogen and oxygen atoms in total. The molecular weight excluding hydrogens is 408 g/mol. The van der Waals surface area contributed by atoms with Gasteiger partial charge in [0.05, 0.1) is 12.3 Å². The number of carbonyl (C=O) groups excluding carboxylic acids is 2. The fourth-order valence-electron chi connectivity index (χ4n) is 4.52. The lowest BCUT2D eigenvalue weighted by atomic mass is 9.87. The van der Waals surface area contributed by atoms with Gasteiger partial charge in [-0.25, -0.2) is 9.97 Å². The molecule has 0 atom stereocenters. The monoisotopic (exact) mass is 438 g/mol. The van der Waals surface area contributed by atoms with Crippen molar-refractivity contribution in [2.75, 3.05) is 24.6 Å². The summed E-state index contributed by atoms with van der Waals surface area (Å²) < 4.78 is 11.0. The molecule has 1 aromatic heterocycles. The zero-order valence-electron chi connectivity index (χ0n) is 19.1. The van der Waals surface area contributed by atoms with Crippen LogP contribution in [0.1, 0.15) is 61.2 Å². The number of aromatic nitrogens is 2. The third-order valence-corrected chi connectivity index (χ3v) is 6.29. The van der Waals surface area contributed by atoms with E-state index < -0.39 is 11.9 Å². The van der Waals surface area contributed by atoms with Crippen molar-refractivity contribution in [2.24, 2.45) is 11.7 Å². The van der Waals surface area contributed by atoms with E-state index in [1.807, 2.05) is 0 Å². The Hall–Kier alpha value is -3.16. The maximum atomic E-state index is 11.8. The number of esters is 1. The molecule has 0 saturated carbocycles. The molecule has 2 N–H and O–H groups in total. The van der Waals surface area contributed by atoms with Crippen LogP contribution in [-0.4, -0.2) is 41.5 Å². The summed E-state index contributed by atoms with van der Waals surface area (Å²) in [7, 11) is 0. The van der Waals surface area contributed by atoms with Gasteiger partial charge in [-0.3, -0.25) is 9.59 Å². The quantitative estimate of drug-likeness (QED) is 0.715. The van der Waals surface area contributed by atoms with E-state index in [1.165, 1.54) is 18.2 Å². The lowest BCUT2D eigenvalue weighted by Gasteiger charge is -2.33. The summed E-state index contributed by atoms with van der Waals surface area (Å²) in [6.07, 6.45) is 2.63. The highest BCUT2D eigenvalue weighted by atomic mass is 16.5. The Kier molecular flexibility index (Phi) is 5.79. The molecule has 1 aromatic carbocycles. The Morgan fingerprint density at radius 3 is 2.62 bits per heavy atom. The molecule has 2 aliphatic heterocycles. The van der Waals surface area contributed by atoms with Crippen LogP contribution in [0.4, 0.5) is 5.69 Å². The number of hydrogen-bond donors (Lipinski definition) is 1. The van der Waals surface area contributed by atoms with Crippen molar-refractivity contribution >= 4 is 17.6 Å². The molecule has 3 heterocycles. The number of hydrogen-bond acceptors (Lipinski definition) is 7. The van der Waals surface area contributed by atoms with Gasteiger partial charge >= 0.3 is 5.97 Å². The number of nitrogens with two attached hydrogens (primary N) is 1. The summed E-state index contributed by atoms with van der Waals surface area (Å²) in [4.78, 5) is 34.4. The molecular formula is C24H30N4O4. The Balaban J connectivity index is 1.42.